The summed E-state index contributed by atoms with van der Waals surface area (Å²) in [7, 11) is 1.68. The van der Waals surface area contributed by atoms with E-state index in [9.17, 15) is 13.6 Å². The summed E-state index contributed by atoms with van der Waals surface area (Å²) in [5, 5.41) is 3.27. The maximum atomic E-state index is 13.1. The lowest BCUT2D eigenvalue weighted by atomic mass is 10.1. The molecule has 1 aliphatic rings. The van der Waals surface area contributed by atoms with Gasteiger partial charge in [-0.25, -0.2) is 8.78 Å². The van der Waals surface area contributed by atoms with E-state index in [2.05, 4.69) is 5.32 Å². The lowest BCUT2D eigenvalue weighted by molar-refractivity contribution is -0.130. The van der Waals surface area contributed by atoms with Crippen molar-refractivity contribution in [2.45, 2.75) is 31.8 Å². The highest BCUT2D eigenvalue weighted by Crippen LogP contribution is 2.13. The van der Waals surface area contributed by atoms with Crippen molar-refractivity contribution in [2.24, 2.45) is 0 Å². The molecule has 0 spiro atoms. The molecule has 5 heteroatoms. The fraction of sp³-hybridized carbons (Fsp3) is 0.500. The minimum absolute atomic E-state index is 0.0177. The number of carbonyl (C=O) groups is 1. The molecular weight excluding hydrogens is 250 g/mol. The number of rotatable bonds is 4. The van der Waals surface area contributed by atoms with E-state index in [4.69, 9.17) is 0 Å². The van der Waals surface area contributed by atoms with Crippen molar-refractivity contribution in [2.75, 3.05) is 13.6 Å². The Morgan fingerprint density at radius 2 is 2.21 bits per heavy atom. The second-order valence-electron chi connectivity index (χ2n) is 5.00. The van der Waals surface area contributed by atoms with Gasteiger partial charge in [-0.15, -0.1) is 0 Å². The largest absolute Gasteiger partial charge is 0.341 e. The standard InChI is InChI=1S/C14H18F2N2O/c1-18(14(19)8-11-3-2-6-17-11)9-10-4-5-12(15)13(16)7-10/h4-5,7,11,17H,2-3,6,8-9H2,1H3. The first-order valence-electron chi connectivity index (χ1n) is 6.47. The second kappa shape index (κ2) is 6.10. The zero-order valence-corrected chi connectivity index (χ0v) is 11.0. The molecule has 0 aliphatic carbocycles. The molecule has 0 aromatic heterocycles. The number of benzene rings is 1. The van der Waals surface area contributed by atoms with Crippen LogP contribution in [0.4, 0.5) is 8.78 Å². The summed E-state index contributed by atoms with van der Waals surface area (Å²) in [6.07, 6.45) is 2.58. The van der Waals surface area contributed by atoms with Crippen molar-refractivity contribution >= 4 is 5.91 Å². The number of hydrogen-bond donors (Lipinski definition) is 1. The van der Waals surface area contributed by atoms with Gasteiger partial charge in [0.2, 0.25) is 5.91 Å². The molecule has 3 nitrogen and oxygen atoms in total. The topological polar surface area (TPSA) is 32.3 Å². The van der Waals surface area contributed by atoms with Crippen LogP contribution in [0.25, 0.3) is 0 Å². The Kier molecular flexibility index (Phi) is 4.47. The number of amides is 1. The number of halogens is 2. The van der Waals surface area contributed by atoms with Crippen molar-refractivity contribution in [3.63, 3.8) is 0 Å². The molecule has 0 radical (unpaired) electrons. The van der Waals surface area contributed by atoms with E-state index in [-0.39, 0.29) is 11.9 Å². The smallest absolute Gasteiger partial charge is 0.224 e. The Balaban J connectivity index is 1.90. The van der Waals surface area contributed by atoms with Gasteiger partial charge in [0.1, 0.15) is 0 Å². The van der Waals surface area contributed by atoms with Crippen molar-refractivity contribution < 1.29 is 13.6 Å². The molecule has 1 heterocycles. The molecule has 0 saturated carbocycles. The van der Waals surface area contributed by atoms with E-state index < -0.39 is 11.6 Å². The molecule has 1 fully saturated rings. The number of carbonyl (C=O) groups excluding carboxylic acids is 1. The molecular formula is C14H18F2N2O. The summed E-state index contributed by atoms with van der Waals surface area (Å²) in [6.45, 7) is 1.26. The fourth-order valence-corrected chi connectivity index (χ4v) is 2.30. The first-order chi connectivity index (χ1) is 9.06. The van der Waals surface area contributed by atoms with Crippen LogP contribution in [0.1, 0.15) is 24.8 Å². The van der Waals surface area contributed by atoms with E-state index in [0.29, 0.717) is 18.5 Å². The maximum Gasteiger partial charge on any atom is 0.224 e. The summed E-state index contributed by atoms with van der Waals surface area (Å²) in [4.78, 5) is 13.5. The molecule has 1 N–H and O–H groups in total. The number of hydrogen-bond acceptors (Lipinski definition) is 2. The summed E-state index contributed by atoms with van der Waals surface area (Å²) < 4.78 is 25.9. The zero-order chi connectivity index (χ0) is 13.8. The lowest BCUT2D eigenvalue weighted by Crippen LogP contribution is -2.33. The minimum Gasteiger partial charge on any atom is -0.341 e. The second-order valence-corrected chi connectivity index (χ2v) is 5.00. The Hall–Kier alpha value is -1.49. The number of nitrogens with zero attached hydrogens (tertiary/aromatic N) is 1. The van der Waals surface area contributed by atoms with Gasteiger partial charge < -0.3 is 10.2 Å². The van der Waals surface area contributed by atoms with Gasteiger partial charge in [-0.3, -0.25) is 4.79 Å². The fourth-order valence-electron chi connectivity index (χ4n) is 2.30. The van der Waals surface area contributed by atoms with Crippen LogP contribution in [-0.4, -0.2) is 30.4 Å². The zero-order valence-electron chi connectivity index (χ0n) is 11.0. The third-order valence-electron chi connectivity index (χ3n) is 3.41. The Labute approximate surface area is 111 Å². The molecule has 2 rings (SSSR count). The number of nitrogens with one attached hydrogen (secondary N) is 1. The Morgan fingerprint density at radius 3 is 2.84 bits per heavy atom. The molecule has 19 heavy (non-hydrogen) atoms. The van der Waals surface area contributed by atoms with Crippen LogP contribution in [0, 0.1) is 11.6 Å². The van der Waals surface area contributed by atoms with E-state index in [1.165, 1.54) is 6.07 Å². The van der Waals surface area contributed by atoms with Crippen molar-refractivity contribution in [1.82, 2.24) is 10.2 Å². The van der Waals surface area contributed by atoms with Crippen molar-refractivity contribution in [1.29, 1.82) is 0 Å². The van der Waals surface area contributed by atoms with Crippen LogP contribution in [-0.2, 0) is 11.3 Å². The Morgan fingerprint density at radius 1 is 1.42 bits per heavy atom. The first-order valence-corrected chi connectivity index (χ1v) is 6.47. The van der Waals surface area contributed by atoms with Crippen LogP contribution in [0.3, 0.4) is 0 Å². The Bertz CT molecular complexity index is 459. The van der Waals surface area contributed by atoms with Crippen LogP contribution in [0.15, 0.2) is 18.2 Å². The average Bonchev–Trinajstić information content (AvgIpc) is 2.86. The van der Waals surface area contributed by atoms with Gasteiger partial charge in [-0.2, -0.15) is 0 Å². The lowest BCUT2D eigenvalue weighted by Gasteiger charge is -2.19. The predicted molar refractivity (Wildman–Crippen MR) is 68.5 cm³/mol. The van der Waals surface area contributed by atoms with E-state index >= 15 is 0 Å². The summed E-state index contributed by atoms with van der Waals surface area (Å²) in [6, 6.07) is 3.96. The molecule has 1 amide bonds. The van der Waals surface area contributed by atoms with E-state index in [1.54, 1.807) is 11.9 Å². The highest BCUT2D eigenvalue weighted by molar-refractivity contribution is 5.76. The van der Waals surface area contributed by atoms with Gasteiger partial charge in [-0.05, 0) is 37.1 Å². The molecule has 1 aromatic carbocycles. The molecule has 1 unspecified atom stereocenters. The maximum absolute atomic E-state index is 13.1. The normalized spacial score (nSPS) is 18.6. The van der Waals surface area contributed by atoms with Gasteiger partial charge in [0.25, 0.3) is 0 Å². The molecule has 1 aliphatic heterocycles. The first kappa shape index (κ1) is 13.9. The van der Waals surface area contributed by atoms with Gasteiger partial charge >= 0.3 is 0 Å². The molecule has 1 atom stereocenters. The third-order valence-corrected chi connectivity index (χ3v) is 3.41. The van der Waals surface area contributed by atoms with E-state index in [1.807, 2.05) is 0 Å². The summed E-state index contributed by atoms with van der Waals surface area (Å²) in [5.41, 5.74) is 0.592. The quantitative estimate of drug-likeness (QED) is 0.906. The predicted octanol–water partition coefficient (Wildman–Crippen LogP) is 2.07. The average molecular weight is 268 g/mol. The van der Waals surface area contributed by atoms with E-state index in [0.717, 1.165) is 31.5 Å². The van der Waals surface area contributed by atoms with Crippen molar-refractivity contribution in [3.05, 3.63) is 35.4 Å². The monoisotopic (exact) mass is 268 g/mol. The van der Waals surface area contributed by atoms with Crippen LogP contribution < -0.4 is 5.32 Å². The molecule has 1 saturated heterocycles. The van der Waals surface area contributed by atoms with Crippen molar-refractivity contribution in [3.8, 4) is 0 Å². The van der Waals surface area contributed by atoms with Gasteiger partial charge in [0.05, 0.1) is 0 Å². The molecule has 1 aromatic rings. The summed E-state index contributed by atoms with van der Waals surface area (Å²) >= 11 is 0. The summed E-state index contributed by atoms with van der Waals surface area (Å²) in [5.74, 6) is -1.73. The van der Waals surface area contributed by atoms with Crippen LogP contribution >= 0.6 is 0 Å². The van der Waals surface area contributed by atoms with Gasteiger partial charge in [0, 0.05) is 26.1 Å². The van der Waals surface area contributed by atoms with Crippen LogP contribution in [0.2, 0.25) is 0 Å². The van der Waals surface area contributed by atoms with Crippen LogP contribution in [0.5, 0.6) is 0 Å². The SMILES string of the molecule is CN(Cc1ccc(F)c(F)c1)C(=O)CC1CCCN1. The minimum atomic E-state index is -0.879. The van der Waals surface area contributed by atoms with Gasteiger partial charge in [-0.1, -0.05) is 6.07 Å². The highest BCUT2D eigenvalue weighted by Gasteiger charge is 2.20. The molecule has 104 valence electrons. The molecule has 0 bridgehead atoms. The third kappa shape index (κ3) is 3.73. The van der Waals surface area contributed by atoms with Gasteiger partial charge in [0.15, 0.2) is 11.6 Å². The highest BCUT2D eigenvalue weighted by atomic mass is 19.2.